The Bertz CT molecular complexity index is 542. The lowest BCUT2D eigenvalue weighted by Gasteiger charge is -2.13. The Hall–Kier alpha value is -2.44. The highest BCUT2D eigenvalue weighted by Crippen LogP contribution is 2.11. The van der Waals surface area contributed by atoms with Gasteiger partial charge in [0.05, 0.1) is 12.2 Å². The van der Waals surface area contributed by atoms with E-state index in [0.717, 1.165) is 12.2 Å². The molecule has 0 aromatic carbocycles. The van der Waals surface area contributed by atoms with Crippen molar-refractivity contribution in [2.75, 3.05) is 36.2 Å². The highest BCUT2D eigenvalue weighted by atomic mass is 15.3. The number of pyridine rings is 1. The van der Waals surface area contributed by atoms with Crippen LogP contribution in [-0.2, 0) is 6.54 Å². The minimum atomic E-state index is 0.533. The van der Waals surface area contributed by atoms with Crippen LogP contribution in [0.1, 0.15) is 12.6 Å². The van der Waals surface area contributed by atoms with Gasteiger partial charge in [-0.05, 0) is 19.1 Å². The molecule has 0 atom stereocenters. The molecule has 7 nitrogen and oxygen atoms in total. The third-order valence-electron chi connectivity index (χ3n) is 2.51. The van der Waals surface area contributed by atoms with Crippen molar-refractivity contribution < 1.29 is 0 Å². The standard InChI is InChI=1S/C13H19N7/c1-4-14-11-17-12(19-13(18-11)20(2)3)16-9-10-7-5-6-8-15-10/h5-8H,4,9H2,1-3H3,(H2,14,16,17,18,19). The Balaban J connectivity index is 2.13. The third kappa shape index (κ3) is 3.78. The Kier molecular flexibility index (Phi) is 4.65. The summed E-state index contributed by atoms with van der Waals surface area (Å²) in [4.78, 5) is 19.1. The van der Waals surface area contributed by atoms with Crippen LogP contribution < -0.4 is 15.5 Å². The maximum Gasteiger partial charge on any atom is 0.231 e. The quantitative estimate of drug-likeness (QED) is 0.823. The van der Waals surface area contributed by atoms with Crippen LogP contribution in [0.5, 0.6) is 0 Å². The van der Waals surface area contributed by atoms with Gasteiger partial charge in [-0.2, -0.15) is 15.0 Å². The van der Waals surface area contributed by atoms with E-state index in [1.54, 1.807) is 6.20 Å². The first kappa shape index (κ1) is 14.0. The van der Waals surface area contributed by atoms with Crippen molar-refractivity contribution in [2.24, 2.45) is 0 Å². The third-order valence-corrected chi connectivity index (χ3v) is 2.51. The van der Waals surface area contributed by atoms with E-state index >= 15 is 0 Å². The molecule has 0 saturated carbocycles. The van der Waals surface area contributed by atoms with Crippen LogP contribution in [0.15, 0.2) is 24.4 Å². The molecule has 0 saturated heterocycles. The zero-order chi connectivity index (χ0) is 14.4. The fraction of sp³-hybridized carbons (Fsp3) is 0.385. The molecule has 0 bridgehead atoms. The lowest BCUT2D eigenvalue weighted by Crippen LogP contribution is -2.17. The maximum absolute atomic E-state index is 4.36. The predicted octanol–water partition coefficient (Wildman–Crippen LogP) is 1.38. The molecular formula is C13H19N7. The number of anilines is 3. The van der Waals surface area contributed by atoms with E-state index in [9.17, 15) is 0 Å². The molecule has 0 fully saturated rings. The van der Waals surface area contributed by atoms with Gasteiger partial charge in [-0.3, -0.25) is 4.98 Å². The van der Waals surface area contributed by atoms with Crippen molar-refractivity contribution in [1.29, 1.82) is 0 Å². The molecule has 0 aliphatic rings. The summed E-state index contributed by atoms with van der Waals surface area (Å²) in [6.45, 7) is 3.33. The van der Waals surface area contributed by atoms with Gasteiger partial charge in [0.1, 0.15) is 0 Å². The number of rotatable bonds is 6. The molecule has 0 unspecified atom stereocenters. The molecular weight excluding hydrogens is 254 g/mol. The molecule has 20 heavy (non-hydrogen) atoms. The number of nitrogens with one attached hydrogen (secondary N) is 2. The van der Waals surface area contributed by atoms with Crippen LogP contribution in [0.3, 0.4) is 0 Å². The number of hydrogen-bond donors (Lipinski definition) is 2. The molecule has 2 aromatic heterocycles. The van der Waals surface area contributed by atoms with E-state index in [4.69, 9.17) is 0 Å². The van der Waals surface area contributed by atoms with Gasteiger partial charge in [0.2, 0.25) is 17.8 Å². The molecule has 2 aromatic rings. The zero-order valence-electron chi connectivity index (χ0n) is 12.0. The van der Waals surface area contributed by atoms with Crippen molar-refractivity contribution in [3.63, 3.8) is 0 Å². The molecule has 0 amide bonds. The van der Waals surface area contributed by atoms with Crippen molar-refractivity contribution in [1.82, 2.24) is 19.9 Å². The van der Waals surface area contributed by atoms with Crippen molar-refractivity contribution in [3.8, 4) is 0 Å². The van der Waals surface area contributed by atoms with Crippen LogP contribution in [0.25, 0.3) is 0 Å². The van der Waals surface area contributed by atoms with E-state index in [0.29, 0.717) is 24.4 Å². The predicted molar refractivity (Wildman–Crippen MR) is 79.9 cm³/mol. The Morgan fingerprint density at radius 3 is 2.40 bits per heavy atom. The second-order valence-corrected chi connectivity index (χ2v) is 4.38. The Morgan fingerprint density at radius 2 is 1.80 bits per heavy atom. The van der Waals surface area contributed by atoms with Crippen LogP contribution in [-0.4, -0.2) is 40.6 Å². The minimum Gasteiger partial charge on any atom is -0.354 e. The Labute approximate surface area is 118 Å². The average Bonchev–Trinajstić information content (AvgIpc) is 2.46. The summed E-state index contributed by atoms with van der Waals surface area (Å²) in [6, 6.07) is 5.79. The smallest absolute Gasteiger partial charge is 0.231 e. The molecule has 0 radical (unpaired) electrons. The lowest BCUT2D eigenvalue weighted by molar-refractivity contribution is 0.928. The molecule has 2 N–H and O–H groups in total. The summed E-state index contributed by atoms with van der Waals surface area (Å²) in [7, 11) is 3.79. The van der Waals surface area contributed by atoms with E-state index in [2.05, 4.69) is 30.6 Å². The molecule has 2 rings (SSSR count). The summed E-state index contributed by atoms with van der Waals surface area (Å²) in [5, 5.41) is 6.26. The fourth-order valence-corrected chi connectivity index (χ4v) is 1.55. The van der Waals surface area contributed by atoms with E-state index in [1.807, 2.05) is 44.1 Å². The summed E-state index contributed by atoms with van der Waals surface area (Å²) in [5.74, 6) is 1.71. The molecule has 0 spiro atoms. The number of aromatic nitrogens is 4. The topological polar surface area (TPSA) is 78.9 Å². The van der Waals surface area contributed by atoms with Gasteiger partial charge in [-0.1, -0.05) is 6.07 Å². The van der Waals surface area contributed by atoms with E-state index in [-0.39, 0.29) is 0 Å². The van der Waals surface area contributed by atoms with Gasteiger partial charge in [0.25, 0.3) is 0 Å². The first-order valence-corrected chi connectivity index (χ1v) is 6.50. The van der Waals surface area contributed by atoms with Gasteiger partial charge < -0.3 is 15.5 Å². The van der Waals surface area contributed by atoms with E-state index in [1.165, 1.54) is 0 Å². The molecule has 0 aliphatic heterocycles. The van der Waals surface area contributed by atoms with Crippen molar-refractivity contribution in [3.05, 3.63) is 30.1 Å². The first-order valence-electron chi connectivity index (χ1n) is 6.50. The van der Waals surface area contributed by atoms with Gasteiger partial charge in [0, 0.05) is 26.8 Å². The molecule has 7 heteroatoms. The van der Waals surface area contributed by atoms with Gasteiger partial charge in [-0.25, -0.2) is 0 Å². The first-order chi connectivity index (χ1) is 9.69. The summed E-state index contributed by atoms with van der Waals surface area (Å²) in [6.07, 6.45) is 1.76. The van der Waals surface area contributed by atoms with Crippen LogP contribution in [0.4, 0.5) is 17.8 Å². The fourth-order valence-electron chi connectivity index (χ4n) is 1.55. The summed E-state index contributed by atoms with van der Waals surface area (Å²) in [5.41, 5.74) is 0.935. The lowest BCUT2D eigenvalue weighted by atomic mass is 10.3. The molecule has 2 heterocycles. The van der Waals surface area contributed by atoms with Gasteiger partial charge in [0.15, 0.2) is 0 Å². The normalized spacial score (nSPS) is 10.2. The second kappa shape index (κ2) is 6.65. The maximum atomic E-state index is 4.36. The largest absolute Gasteiger partial charge is 0.354 e. The Morgan fingerprint density at radius 1 is 1.05 bits per heavy atom. The number of nitrogens with zero attached hydrogens (tertiary/aromatic N) is 5. The van der Waals surface area contributed by atoms with Crippen LogP contribution >= 0.6 is 0 Å². The highest BCUT2D eigenvalue weighted by Gasteiger charge is 2.07. The molecule has 0 aliphatic carbocycles. The number of hydrogen-bond acceptors (Lipinski definition) is 7. The SMILES string of the molecule is CCNc1nc(NCc2ccccn2)nc(N(C)C)n1. The minimum absolute atomic E-state index is 0.533. The van der Waals surface area contributed by atoms with Gasteiger partial charge in [-0.15, -0.1) is 0 Å². The second-order valence-electron chi connectivity index (χ2n) is 4.38. The highest BCUT2D eigenvalue weighted by molar-refractivity contribution is 5.43. The zero-order valence-corrected chi connectivity index (χ0v) is 12.0. The summed E-state index contributed by atoms with van der Waals surface area (Å²) < 4.78 is 0. The molecule has 106 valence electrons. The van der Waals surface area contributed by atoms with Crippen LogP contribution in [0.2, 0.25) is 0 Å². The van der Waals surface area contributed by atoms with E-state index < -0.39 is 0 Å². The summed E-state index contributed by atoms with van der Waals surface area (Å²) >= 11 is 0. The van der Waals surface area contributed by atoms with Crippen molar-refractivity contribution >= 4 is 17.8 Å². The van der Waals surface area contributed by atoms with Crippen LogP contribution in [0, 0.1) is 0 Å². The van der Waals surface area contributed by atoms with Crippen molar-refractivity contribution in [2.45, 2.75) is 13.5 Å². The average molecular weight is 273 g/mol. The monoisotopic (exact) mass is 273 g/mol. The van der Waals surface area contributed by atoms with Gasteiger partial charge >= 0.3 is 0 Å².